The summed E-state index contributed by atoms with van der Waals surface area (Å²) in [5.74, 6) is -0.339. The van der Waals surface area contributed by atoms with Gasteiger partial charge in [0.15, 0.2) is 15.6 Å². The zero-order chi connectivity index (χ0) is 18.0. The van der Waals surface area contributed by atoms with Crippen LogP contribution in [-0.4, -0.2) is 43.0 Å². The average molecular weight is 463 g/mol. The zero-order valence-electron chi connectivity index (χ0n) is 14.2. The van der Waals surface area contributed by atoms with Gasteiger partial charge in [0.25, 0.3) is 5.91 Å². The Labute approximate surface area is 169 Å². The van der Waals surface area contributed by atoms with Crippen LogP contribution in [0.3, 0.4) is 0 Å². The summed E-state index contributed by atoms with van der Waals surface area (Å²) in [4.78, 5) is 21.0. The number of amides is 1. The lowest BCUT2D eigenvalue weighted by molar-refractivity contribution is 0.0958. The van der Waals surface area contributed by atoms with Crippen molar-refractivity contribution in [2.75, 3.05) is 32.1 Å². The highest BCUT2D eigenvalue weighted by molar-refractivity contribution is 9.10. The fourth-order valence-electron chi connectivity index (χ4n) is 2.39. The molecule has 0 aliphatic heterocycles. The van der Waals surface area contributed by atoms with E-state index in [0.717, 1.165) is 13.0 Å². The third-order valence-corrected chi connectivity index (χ3v) is 5.05. The minimum atomic E-state index is -0.317. The Morgan fingerprint density at radius 3 is 2.69 bits per heavy atom. The van der Waals surface area contributed by atoms with E-state index in [2.05, 4.69) is 25.8 Å². The SMILES string of the molecule is CN(C)CCCN(C(=O)c1ccc(Br)o1)c1nc2ccc(F)cc2s1.Cl. The average Bonchev–Trinajstić information content (AvgIpc) is 3.16. The fourth-order valence-corrected chi connectivity index (χ4v) is 3.71. The maximum absolute atomic E-state index is 13.4. The van der Waals surface area contributed by atoms with E-state index in [4.69, 9.17) is 4.42 Å². The van der Waals surface area contributed by atoms with E-state index in [0.29, 0.717) is 26.6 Å². The third kappa shape index (κ3) is 4.82. The van der Waals surface area contributed by atoms with Gasteiger partial charge in [0.1, 0.15) is 5.82 Å². The summed E-state index contributed by atoms with van der Waals surface area (Å²) < 4.78 is 20.0. The molecule has 1 aromatic carbocycles. The molecule has 0 bridgehead atoms. The molecule has 2 aromatic heterocycles. The Balaban J connectivity index is 0.00000243. The molecular weight excluding hydrogens is 445 g/mol. The number of thiazole rings is 1. The van der Waals surface area contributed by atoms with Crippen molar-refractivity contribution in [3.63, 3.8) is 0 Å². The molecule has 5 nitrogen and oxygen atoms in total. The number of carbonyl (C=O) groups is 1. The van der Waals surface area contributed by atoms with Gasteiger partial charge in [-0.1, -0.05) is 11.3 Å². The molecule has 0 atom stereocenters. The molecule has 26 heavy (non-hydrogen) atoms. The summed E-state index contributed by atoms with van der Waals surface area (Å²) in [5, 5.41) is 0.539. The highest BCUT2D eigenvalue weighted by Crippen LogP contribution is 2.31. The number of hydrogen-bond donors (Lipinski definition) is 0. The van der Waals surface area contributed by atoms with Crippen molar-refractivity contribution in [2.45, 2.75) is 6.42 Å². The summed E-state index contributed by atoms with van der Waals surface area (Å²) in [5.41, 5.74) is 0.674. The van der Waals surface area contributed by atoms with Crippen LogP contribution in [-0.2, 0) is 0 Å². The van der Waals surface area contributed by atoms with Crippen LogP contribution in [0.15, 0.2) is 39.4 Å². The van der Waals surface area contributed by atoms with Crippen molar-refractivity contribution in [2.24, 2.45) is 0 Å². The molecule has 3 rings (SSSR count). The first-order chi connectivity index (χ1) is 11.9. The number of anilines is 1. The molecule has 1 amide bonds. The molecule has 0 aliphatic carbocycles. The van der Waals surface area contributed by atoms with Gasteiger partial charge in [-0.2, -0.15) is 0 Å². The Morgan fingerprint density at radius 2 is 2.04 bits per heavy atom. The topological polar surface area (TPSA) is 49.6 Å². The van der Waals surface area contributed by atoms with Crippen molar-refractivity contribution in [1.29, 1.82) is 0 Å². The third-order valence-electron chi connectivity index (χ3n) is 3.59. The highest BCUT2D eigenvalue weighted by Gasteiger charge is 2.23. The molecule has 0 unspecified atom stereocenters. The number of halogens is 3. The first kappa shape index (κ1) is 20.8. The van der Waals surface area contributed by atoms with Gasteiger partial charge in [0.2, 0.25) is 0 Å². The molecule has 0 fully saturated rings. The predicted octanol–water partition coefficient (Wildman–Crippen LogP) is 4.81. The van der Waals surface area contributed by atoms with E-state index in [9.17, 15) is 9.18 Å². The maximum atomic E-state index is 13.4. The molecule has 9 heteroatoms. The van der Waals surface area contributed by atoms with Gasteiger partial charge in [-0.05, 0) is 73.3 Å². The molecule has 0 radical (unpaired) electrons. The molecule has 140 valence electrons. The molecule has 3 aromatic rings. The second-order valence-corrected chi connectivity index (χ2v) is 7.62. The number of fused-ring (bicyclic) bond motifs is 1. The van der Waals surface area contributed by atoms with Gasteiger partial charge in [0.05, 0.1) is 10.2 Å². The van der Waals surface area contributed by atoms with Crippen LogP contribution in [0.4, 0.5) is 9.52 Å². The van der Waals surface area contributed by atoms with Crippen LogP contribution in [0.25, 0.3) is 10.2 Å². The molecule has 0 N–H and O–H groups in total. The number of rotatable bonds is 6. The van der Waals surface area contributed by atoms with Gasteiger partial charge < -0.3 is 9.32 Å². The van der Waals surface area contributed by atoms with E-state index >= 15 is 0 Å². The number of aromatic nitrogens is 1. The van der Waals surface area contributed by atoms with E-state index in [1.165, 1.54) is 23.5 Å². The lowest BCUT2D eigenvalue weighted by atomic mass is 10.3. The number of carbonyl (C=O) groups excluding carboxylic acids is 1. The molecule has 0 spiro atoms. The Kier molecular flexibility index (Phi) is 7.16. The van der Waals surface area contributed by atoms with Crippen molar-refractivity contribution >= 4 is 60.9 Å². The monoisotopic (exact) mass is 461 g/mol. The van der Waals surface area contributed by atoms with Gasteiger partial charge in [-0.3, -0.25) is 9.69 Å². The Bertz CT molecular complexity index is 899. The molecular formula is C17H18BrClFN3O2S. The van der Waals surface area contributed by atoms with Crippen molar-refractivity contribution in [1.82, 2.24) is 9.88 Å². The first-order valence-electron chi connectivity index (χ1n) is 7.72. The number of furan rings is 1. The lowest BCUT2D eigenvalue weighted by Gasteiger charge is -2.19. The summed E-state index contributed by atoms with van der Waals surface area (Å²) >= 11 is 4.51. The second-order valence-electron chi connectivity index (χ2n) is 5.83. The van der Waals surface area contributed by atoms with Crippen LogP contribution in [0, 0.1) is 5.82 Å². The van der Waals surface area contributed by atoms with Crippen molar-refractivity contribution in [3.05, 3.63) is 46.6 Å². The Morgan fingerprint density at radius 1 is 1.27 bits per heavy atom. The quantitative estimate of drug-likeness (QED) is 0.527. The summed E-state index contributed by atoms with van der Waals surface area (Å²) in [6.07, 6.45) is 0.783. The smallest absolute Gasteiger partial charge is 0.295 e. The Hall–Kier alpha value is -1.48. The summed E-state index contributed by atoms with van der Waals surface area (Å²) in [7, 11) is 3.96. The minimum absolute atomic E-state index is 0. The van der Waals surface area contributed by atoms with E-state index in [1.54, 1.807) is 23.1 Å². The molecule has 0 saturated carbocycles. The van der Waals surface area contributed by atoms with Gasteiger partial charge >= 0.3 is 0 Å². The number of hydrogen-bond acceptors (Lipinski definition) is 5. The van der Waals surface area contributed by atoms with E-state index in [1.807, 2.05) is 14.1 Å². The number of nitrogens with zero attached hydrogens (tertiary/aromatic N) is 3. The summed E-state index contributed by atoms with van der Waals surface area (Å²) in [6, 6.07) is 7.73. The van der Waals surface area contributed by atoms with Crippen LogP contribution >= 0.6 is 39.7 Å². The molecule has 0 aliphatic rings. The van der Waals surface area contributed by atoms with Gasteiger partial charge in [-0.15, -0.1) is 12.4 Å². The molecule has 2 heterocycles. The highest BCUT2D eigenvalue weighted by atomic mass is 79.9. The van der Waals surface area contributed by atoms with E-state index < -0.39 is 0 Å². The van der Waals surface area contributed by atoms with E-state index in [-0.39, 0.29) is 29.9 Å². The van der Waals surface area contributed by atoms with Crippen molar-refractivity contribution < 1.29 is 13.6 Å². The normalized spacial score (nSPS) is 11.0. The number of benzene rings is 1. The van der Waals surface area contributed by atoms with Gasteiger partial charge in [-0.25, -0.2) is 9.37 Å². The maximum Gasteiger partial charge on any atom is 0.295 e. The van der Waals surface area contributed by atoms with Crippen molar-refractivity contribution in [3.8, 4) is 0 Å². The standard InChI is InChI=1S/C17H17BrFN3O2S.ClH/c1-21(2)8-3-9-22(16(23)13-6-7-15(18)24-13)17-20-12-5-4-11(19)10-14(12)25-17;/h4-7,10H,3,8-9H2,1-2H3;1H. The fraction of sp³-hybridized carbons (Fsp3) is 0.294. The molecule has 0 saturated heterocycles. The van der Waals surface area contributed by atoms with Crippen LogP contribution < -0.4 is 4.90 Å². The van der Waals surface area contributed by atoms with Crippen LogP contribution in [0.5, 0.6) is 0 Å². The lowest BCUT2D eigenvalue weighted by Crippen LogP contribution is -2.33. The largest absolute Gasteiger partial charge is 0.444 e. The zero-order valence-corrected chi connectivity index (χ0v) is 17.5. The van der Waals surface area contributed by atoms with Gasteiger partial charge in [0, 0.05) is 6.54 Å². The summed E-state index contributed by atoms with van der Waals surface area (Å²) in [6.45, 7) is 1.34. The minimum Gasteiger partial charge on any atom is -0.444 e. The second kappa shape index (κ2) is 8.94. The van der Waals surface area contributed by atoms with Crippen LogP contribution in [0.2, 0.25) is 0 Å². The van der Waals surface area contributed by atoms with Crippen LogP contribution in [0.1, 0.15) is 17.0 Å². The predicted molar refractivity (Wildman–Crippen MR) is 108 cm³/mol. The first-order valence-corrected chi connectivity index (χ1v) is 9.33.